The van der Waals surface area contributed by atoms with Gasteiger partial charge in [0.1, 0.15) is 0 Å². The number of hydrogen-bond donors (Lipinski definition) is 1. The van der Waals surface area contributed by atoms with E-state index in [0.29, 0.717) is 6.04 Å². The Morgan fingerprint density at radius 3 is 2.64 bits per heavy atom. The standard InChI is InChI=1S/C11H26N2O/c1-4-5-8-13(2)10-11(12)7-6-9-14-3/h11H,4-10,12H2,1-3H3. The van der Waals surface area contributed by atoms with Crippen molar-refractivity contribution in [1.82, 2.24) is 4.90 Å². The summed E-state index contributed by atoms with van der Waals surface area (Å²) >= 11 is 0. The minimum atomic E-state index is 0.298. The first kappa shape index (κ1) is 13.9. The van der Waals surface area contributed by atoms with Gasteiger partial charge in [0, 0.05) is 26.3 Å². The normalized spacial score (nSPS) is 13.5. The predicted molar refractivity (Wildman–Crippen MR) is 61.5 cm³/mol. The van der Waals surface area contributed by atoms with E-state index < -0.39 is 0 Å². The molecule has 3 nitrogen and oxygen atoms in total. The molecule has 1 atom stereocenters. The molecule has 0 rings (SSSR count). The van der Waals surface area contributed by atoms with Gasteiger partial charge in [0.2, 0.25) is 0 Å². The highest BCUT2D eigenvalue weighted by atomic mass is 16.5. The maximum atomic E-state index is 5.99. The van der Waals surface area contributed by atoms with Crippen molar-refractivity contribution in [3.63, 3.8) is 0 Å². The maximum absolute atomic E-state index is 5.99. The number of rotatable bonds is 9. The summed E-state index contributed by atoms with van der Waals surface area (Å²) in [6, 6.07) is 0.298. The van der Waals surface area contributed by atoms with Crippen LogP contribution >= 0.6 is 0 Å². The Bertz CT molecular complexity index is 120. The molecule has 0 aliphatic rings. The van der Waals surface area contributed by atoms with Gasteiger partial charge < -0.3 is 15.4 Å². The lowest BCUT2D eigenvalue weighted by molar-refractivity contribution is 0.187. The minimum Gasteiger partial charge on any atom is -0.385 e. The molecule has 0 aromatic carbocycles. The molecule has 0 aromatic heterocycles. The number of ether oxygens (including phenoxy) is 1. The van der Waals surface area contributed by atoms with Gasteiger partial charge in [-0.2, -0.15) is 0 Å². The first-order chi connectivity index (χ1) is 6.70. The first-order valence-corrected chi connectivity index (χ1v) is 5.63. The Balaban J connectivity index is 3.35. The molecule has 0 saturated carbocycles. The van der Waals surface area contributed by atoms with E-state index in [2.05, 4.69) is 18.9 Å². The number of methoxy groups -OCH3 is 1. The fourth-order valence-electron chi connectivity index (χ4n) is 1.50. The van der Waals surface area contributed by atoms with Crippen LogP contribution in [0.1, 0.15) is 32.6 Å². The zero-order valence-electron chi connectivity index (χ0n) is 9.96. The second-order valence-corrected chi connectivity index (χ2v) is 4.01. The lowest BCUT2D eigenvalue weighted by atomic mass is 10.1. The number of nitrogens with zero attached hydrogens (tertiary/aromatic N) is 1. The van der Waals surface area contributed by atoms with Crippen molar-refractivity contribution in [2.24, 2.45) is 5.73 Å². The third-order valence-electron chi connectivity index (χ3n) is 2.36. The number of likely N-dealkylation sites (N-methyl/N-ethyl adjacent to an activating group) is 1. The van der Waals surface area contributed by atoms with Crippen molar-refractivity contribution in [2.45, 2.75) is 38.6 Å². The topological polar surface area (TPSA) is 38.5 Å². The van der Waals surface area contributed by atoms with Crippen LogP contribution in [0.25, 0.3) is 0 Å². The molecule has 0 heterocycles. The van der Waals surface area contributed by atoms with Crippen molar-refractivity contribution < 1.29 is 4.74 Å². The number of unbranched alkanes of at least 4 members (excludes halogenated alkanes) is 1. The van der Waals surface area contributed by atoms with Gasteiger partial charge >= 0.3 is 0 Å². The van der Waals surface area contributed by atoms with Gasteiger partial charge in [-0.15, -0.1) is 0 Å². The van der Waals surface area contributed by atoms with E-state index in [4.69, 9.17) is 10.5 Å². The van der Waals surface area contributed by atoms with E-state index >= 15 is 0 Å². The lowest BCUT2D eigenvalue weighted by Crippen LogP contribution is -2.35. The van der Waals surface area contributed by atoms with Gasteiger partial charge in [0.05, 0.1) is 0 Å². The molecule has 0 bridgehead atoms. The van der Waals surface area contributed by atoms with Crippen molar-refractivity contribution in [3.8, 4) is 0 Å². The fourth-order valence-corrected chi connectivity index (χ4v) is 1.50. The van der Waals surface area contributed by atoms with E-state index in [9.17, 15) is 0 Å². The van der Waals surface area contributed by atoms with Gasteiger partial charge in [-0.3, -0.25) is 0 Å². The molecule has 2 N–H and O–H groups in total. The van der Waals surface area contributed by atoms with Crippen LogP contribution in [0, 0.1) is 0 Å². The first-order valence-electron chi connectivity index (χ1n) is 5.63. The highest BCUT2D eigenvalue weighted by Gasteiger charge is 2.05. The Hall–Kier alpha value is -0.120. The Morgan fingerprint density at radius 2 is 2.07 bits per heavy atom. The predicted octanol–water partition coefficient (Wildman–Crippen LogP) is 1.47. The third-order valence-corrected chi connectivity index (χ3v) is 2.36. The average Bonchev–Trinajstić information content (AvgIpc) is 2.15. The summed E-state index contributed by atoms with van der Waals surface area (Å²) in [4.78, 5) is 2.32. The van der Waals surface area contributed by atoms with E-state index in [-0.39, 0.29) is 0 Å². The van der Waals surface area contributed by atoms with Crippen LogP contribution in [-0.2, 0) is 4.74 Å². The van der Waals surface area contributed by atoms with Crippen molar-refractivity contribution in [3.05, 3.63) is 0 Å². The Labute approximate surface area is 88.6 Å². The van der Waals surface area contributed by atoms with Gasteiger partial charge in [-0.05, 0) is 32.9 Å². The summed E-state index contributed by atoms with van der Waals surface area (Å²) in [6.45, 7) is 5.21. The van der Waals surface area contributed by atoms with Crippen LogP contribution in [0.4, 0.5) is 0 Å². The molecule has 0 saturated heterocycles. The summed E-state index contributed by atoms with van der Waals surface area (Å²) in [5, 5.41) is 0. The zero-order valence-corrected chi connectivity index (χ0v) is 9.96. The van der Waals surface area contributed by atoms with Crippen molar-refractivity contribution in [2.75, 3.05) is 33.9 Å². The van der Waals surface area contributed by atoms with Crippen molar-refractivity contribution >= 4 is 0 Å². The zero-order chi connectivity index (χ0) is 10.8. The summed E-state index contributed by atoms with van der Waals surface area (Å²) in [6.07, 6.45) is 4.65. The van der Waals surface area contributed by atoms with Gasteiger partial charge in [-0.25, -0.2) is 0 Å². The van der Waals surface area contributed by atoms with Crippen LogP contribution in [0.5, 0.6) is 0 Å². The lowest BCUT2D eigenvalue weighted by Gasteiger charge is -2.20. The molecule has 0 aliphatic carbocycles. The molecule has 0 radical (unpaired) electrons. The van der Waals surface area contributed by atoms with Crippen LogP contribution in [-0.4, -0.2) is 44.8 Å². The van der Waals surface area contributed by atoms with E-state index in [1.165, 1.54) is 12.8 Å². The van der Waals surface area contributed by atoms with E-state index in [1.807, 2.05) is 0 Å². The summed E-state index contributed by atoms with van der Waals surface area (Å²) in [5.41, 5.74) is 5.99. The quantitative estimate of drug-likeness (QED) is 0.575. The maximum Gasteiger partial charge on any atom is 0.0462 e. The van der Waals surface area contributed by atoms with Crippen LogP contribution < -0.4 is 5.73 Å². The van der Waals surface area contributed by atoms with Crippen LogP contribution in [0.3, 0.4) is 0 Å². The van der Waals surface area contributed by atoms with Gasteiger partial charge in [0.15, 0.2) is 0 Å². The van der Waals surface area contributed by atoms with Crippen molar-refractivity contribution in [1.29, 1.82) is 0 Å². The Kier molecular flexibility index (Phi) is 9.35. The number of nitrogens with two attached hydrogens (primary N) is 1. The van der Waals surface area contributed by atoms with E-state index in [0.717, 1.165) is 32.5 Å². The van der Waals surface area contributed by atoms with Crippen LogP contribution in [0.2, 0.25) is 0 Å². The smallest absolute Gasteiger partial charge is 0.0462 e. The fraction of sp³-hybridized carbons (Fsp3) is 1.00. The van der Waals surface area contributed by atoms with Gasteiger partial charge in [0.25, 0.3) is 0 Å². The largest absolute Gasteiger partial charge is 0.385 e. The van der Waals surface area contributed by atoms with Gasteiger partial charge in [-0.1, -0.05) is 13.3 Å². The molecular formula is C11H26N2O. The highest BCUT2D eigenvalue weighted by Crippen LogP contribution is 1.98. The molecule has 0 fully saturated rings. The molecule has 86 valence electrons. The molecule has 0 aromatic rings. The molecule has 0 aliphatic heterocycles. The Morgan fingerprint density at radius 1 is 1.36 bits per heavy atom. The highest BCUT2D eigenvalue weighted by molar-refractivity contribution is 4.65. The summed E-state index contributed by atoms with van der Waals surface area (Å²) in [7, 11) is 3.88. The monoisotopic (exact) mass is 202 g/mol. The molecule has 0 spiro atoms. The molecule has 0 amide bonds. The number of hydrogen-bond acceptors (Lipinski definition) is 3. The molecule has 3 heteroatoms. The summed E-state index contributed by atoms with van der Waals surface area (Å²) < 4.78 is 4.99. The SMILES string of the molecule is CCCCN(C)CC(N)CCCOC. The molecule has 1 unspecified atom stereocenters. The second kappa shape index (κ2) is 9.44. The molecule has 14 heavy (non-hydrogen) atoms. The summed E-state index contributed by atoms with van der Waals surface area (Å²) in [5.74, 6) is 0. The average molecular weight is 202 g/mol. The minimum absolute atomic E-state index is 0.298. The third kappa shape index (κ3) is 8.48. The second-order valence-electron chi connectivity index (χ2n) is 4.01. The molecular weight excluding hydrogens is 176 g/mol. The van der Waals surface area contributed by atoms with Crippen LogP contribution in [0.15, 0.2) is 0 Å². The van der Waals surface area contributed by atoms with E-state index in [1.54, 1.807) is 7.11 Å².